The van der Waals surface area contributed by atoms with Crippen LogP contribution in [0.1, 0.15) is 10.4 Å². The minimum atomic E-state index is -0.302. The zero-order valence-electron chi connectivity index (χ0n) is 7.14. The number of rotatable bonds is 0. The molecule has 0 saturated carbocycles. The lowest BCUT2D eigenvalue weighted by molar-refractivity contribution is 0.100. The number of fused-ring (bicyclic) bond motifs is 3. The zero-order chi connectivity index (χ0) is 9.54. The quantitative estimate of drug-likeness (QED) is 0.629. The number of hydrogen-bond donors (Lipinski definition) is 0. The maximum absolute atomic E-state index is 11.4. The summed E-state index contributed by atoms with van der Waals surface area (Å²) in [7, 11) is 0. The fraction of sp³-hybridized carbons (Fsp3) is 0. The van der Waals surface area contributed by atoms with Gasteiger partial charge in [-0.2, -0.15) is 0 Å². The van der Waals surface area contributed by atoms with Crippen molar-refractivity contribution in [2.24, 2.45) is 10.2 Å². The van der Waals surface area contributed by atoms with Crippen LogP contribution in [0.3, 0.4) is 0 Å². The van der Waals surface area contributed by atoms with Crippen molar-refractivity contribution in [1.82, 2.24) is 4.98 Å². The summed E-state index contributed by atoms with van der Waals surface area (Å²) in [4.78, 5) is 15.4. The summed E-state index contributed by atoms with van der Waals surface area (Å²) in [5.74, 6) is 0.123. The molecule has 1 aliphatic rings. The largest absolute Gasteiger partial charge is 0.299 e. The summed E-state index contributed by atoms with van der Waals surface area (Å²) in [5, 5.41) is 8.98. The molecule has 1 amide bonds. The van der Waals surface area contributed by atoms with Crippen molar-refractivity contribution >= 4 is 22.5 Å². The Labute approximate surface area is 79.3 Å². The van der Waals surface area contributed by atoms with Gasteiger partial charge in [-0.05, 0) is 5.39 Å². The third-order valence-electron chi connectivity index (χ3n) is 2.23. The maximum Gasteiger partial charge on any atom is 0.299 e. The first kappa shape index (κ1) is 7.32. The predicted molar refractivity (Wildman–Crippen MR) is 50.6 cm³/mol. The van der Waals surface area contributed by atoms with Crippen LogP contribution in [0.2, 0.25) is 0 Å². The summed E-state index contributed by atoms with van der Waals surface area (Å²) in [6.07, 6.45) is 1.70. The standard InChI is InChI=1S/C10H5N3O/c14-10-8-7-4-2-1-3-6(7)5-11-9(8)12-13-10/h1-5H. The second-order valence-corrected chi connectivity index (χ2v) is 3.05. The molecule has 0 fully saturated rings. The number of benzene rings is 1. The molecule has 14 heavy (non-hydrogen) atoms. The fourth-order valence-electron chi connectivity index (χ4n) is 1.58. The lowest BCUT2D eigenvalue weighted by Crippen LogP contribution is -1.92. The van der Waals surface area contributed by atoms with Crippen LogP contribution in [0.4, 0.5) is 5.82 Å². The van der Waals surface area contributed by atoms with E-state index in [1.807, 2.05) is 24.3 Å². The lowest BCUT2D eigenvalue weighted by atomic mass is 10.1. The number of aromatic nitrogens is 1. The van der Waals surface area contributed by atoms with Crippen molar-refractivity contribution in [1.29, 1.82) is 0 Å². The molecule has 0 bridgehead atoms. The van der Waals surface area contributed by atoms with Crippen LogP contribution in [0.25, 0.3) is 10.8 Å². The number of hydrogen-bond acceptors (Lipinski definition) is 3. The van der Waals surface area contributed by atoms with E-state index in [1.54, 1.807) is 6.20 Å². The fourth-order valence-corrected chi connectivity index (χ4v) is 1.58. The van der Waals surface area contributed by atoms with Gasteiger partial charge in [0.15, 0.2) is 5.82 Å². The molecule has 4 nitrogen and oxygen atoms in total. The number of azo groups is 1. The Bertz CT molecular complexity index is 575. The molecular weight excluding hydrogens is 178 g/mol. The summed E-state index contributed by atoms with van der Waals surface area (Å²) in [6, 6.07) is 7.58. The van der Waals surface area contributed by atoms with Gasteiger partial charge in [0.1, 0.15) is 0 Å². The predicted octanol–water partition coefficient (Wildman–Crippen LogP) is 2.47. The molecule has 0 unspecified atom stereocenters. The molecule has 0 spiro atoms. The van der Waals surface area contributed by atoms with Gasteiger partial charge < -0.3 is 0 Å². The van der Waals surface area contributed by atoms with Gasteiger partial charge in [-0.25, -0.2) is 4.98 Å². The normalized spacial score (nSPS) is 13.6. The first-order valence-electron chi connectivity index (χ1n) is 4.20. The third-order valence-corrected chi connectivity index (χ3v) is 2.23. The second kappa shape index (κ2) is 2.45. The first-order chi connectivity index (χ1) is 6.86. The number of carbonyl (C=O) groups excluding carboxylic acids is 1. The van der Waals surface area contributed by atoms with Crippen LogP contribution >= 0.6 is 0 Å². The SMILES string of the molecule is O=C1N=Nc2ncc3ccccc3c21. The second-order valence-electron chi connectivity index (χ2n) is 3.05. The van der Waals surface area contributed by atoms with E-state index in [2.05, 4.69) is 15.2 Å². The van der Waals surface area contributed by atoms with Crippen molar-refractivity contribution in [2.75, 3.05) is 0 Å². The molecule has 0 radical (unpaired) electrons. The van der Waals surface area contributed by atoms with Gasteiger partial charge in [-0.1, -0.05) is 24.3 Å². The van der Waals surface area contributed by atoms with Crippen molar-refractivity contribution in [3.8, 4) is 0 Å². The molecule has 0 saturated heterocycles. The van der Waals surface area contributed by atoms with Gasteiger partial charge in [0, 0.05) is 11.6 Å². The van der Waals surface area contributed by atoms with Crippen LogP contribution in [0, 0.1) is 0 Å². The van der Waals surface area contributed by atoms with Crippen molar-refractivity contribution in [3.63, 3.8) is 0 Å². The average Bonchev–Trinajstić information content (AvgIpc) is 2.61. The number of pyridine rings is 1. The van der Waals surface area contributed by atoms with Crippen LogP contribution in [0.15, 0.2) is 40.7 Å². The summed E-state index contributed by atoms with van der Waals surface area (Å²) >= 11 is 0. The summed E-state index contributed by atoms with van der Waals surface area (Å²) in [5.41, 5.74) is 0.517. The highest BCUT2D eigenvalue weighted by molar-refractivity contribution is 6.12. The first-order valence-corrected chi connectivity index (χ1v) is 4.20. The van der Waals surface area contributed by atoms with Crippen molar-refractivity contribution in [2.45, 2.75) is 0 Å². The molecule has 2 aromatic rings. The van der Waals surface area contributed by atoms with Crippen LogP contribution in [-0.2, 0) is 0 Å². The molecule has 4 heteroatoms. The van der Waals surface area contributed by atoms with E-state index in [9.17, 15) is 4.79 Å². The Morgan fingerprint density at radius 3 is 2.86 bits per heavy atom. The summed E-state index contributed by atoms with van der Waals surface area (Å²) < 4.78 is 0. The van der Waals surface area contributed by atoms with Gasteiger partial charge in [0.05, 0.1) is 5.56 Å². The molecule has 0 atom stereocenters. The number of nitrogens with zero attached hydrogens (tertiary/aromatic N) is 3. The third kappa shape index (κ3) is 0.821. The Kier molecular flexibility index (Phi) is 1.28. The molecule has 0 N–H and O–H groups in total. The van der Waals surface area contributed by atoms with E-state index in [-0.39, 0.29) is 5.91 Å². The minimum absolute atomic E-state index is 0.302. The van der Waals surface area contributed by atoms with Crippen molar-refractivity contribution in [3.05, 3.63) is 36.0 Å². The molecular formula is C10H5N3O. The lowest BCUT2D eigenvalue weighted by Gasteiger charge is -1.99. The average molecular weight is 183 g/mol. The number of carbonyl (C=O) groups is 1. The van der Waals surface area contributed by atoms with Gasteiger partial charge in [-0.3, -0.25) is 4.79 Å². The molecule has 0 aliphatic carbocycles. The van der Waals surface area contributed by atoms with E-state index in [4.69, 9.17) is 0 Å². The van der Waals surface area contributed by atoms with Crippen LogP contribution in [0.5, 0.6) is 0 Å². The molecule has 1 aliphatic heterocycles. The van der Waals surface area contributed by atoms with Crippen molar-refractivity contribution < 1.29 is 4.79 Å². The zero-order valence-corrected chi connectivity index (χ0v) is 7.14. The number of amides is 1. The Balaban J connectivity index is 2.50. The molecule has 1 aromatic heterocycles. The molecule has 1 aromatic carbocycles. The van der Waals surface area contributed by atoms with E-state index < -0.39 is 0 Å². The summed E-state index contributed by atoms with van der Waals surface area (Å²) in [6.45, 7) is 0. The van der Waals surface area contributed by atoms with E-state index in [0.717, 1.165) is 10.8 Å². The highest BCUT2D eigenvalue weighted by Gasteiger charge is 2.21. The molecule has 2 heterocycles. The Morgan fingerprint density at radius 2 is 1.93 bits per heavy atom. The smallest absolute Gasteiger partial charge is 0.265 e. The van der Waals surface area contributed by atoms with E-state index in [1.165, 1.54) is 0 Å². The van der Waals surface area contributed by atoms with E-state index in [0.29, 0.717) is 11.4 Å². The maximum atomic E-state index is 11.4. The highest BCUT2D eigenvalue weighted by Crippen LogP contribution is 2.30. The van der Waals surface area contributed by atoms with Gasteiger partial charge >= 0.3 is 0 Å². The van der Waals surface area contributed by atoms with Gasteiger partial charge in [0.2, 0.25) is 0 Å². The molecule has 3 rings (SSSR count). The monoisotopic (exact) mass is 183 g/mol. The van der Waals surface area contributed by atoms with Crippen LogP contribution in [-0.4, -0.2) is 10.9 Å². The highest BCUT2D eigenvalue weighted by atomic mass is 16.2. The van der Waals surface area contributed by atoms with E-state index >= 15 is 0 Å². The van der Waals surface area contributed by atoms with Gasteiger partial charge in [0.25, 0.3) is 5.91 Å². The molecule has 66 valence electrons. The van der Waals surface area contributed by atoms with Gasteiger partial charge in [-0.15, -0.1) is 10.2 Å². The topological polar surface area (TPSA) is 54.7 Å². The minimum Gasteiger partial charge on any atom is -0.265 e. The Morgan fingerprint density at radius 1 is 1.07 bits per heavy atom. The Hall–Kier alpha value is -2.10. The van der Waals surface area contributed by atoms with Crippen LogP contribution < -0.4 is 0 Å².